The van der Waals surface area contributed by atoms with Crippen LogP contribution in [0.2, 0.25) is 0 Å². The number of carbonyl (C=O) groups excluding carboxylic acids is 1. The maximum atomic E-state index is 12.0. The maximum Gasteiger partial charge on any atom is 0.407 e. The highest BCUT2D eigenvalue weighted by Gasteiger charge is 2.33. The summed E-state index contributed by atoms with van der Waals surface area (Å²) < 4.78 is 5.38. The van der Waals surface area contributed by atoms with Gasteiger partial charge in [0.25, 0.3) is 0 Å². The summed E-state index contributed by atoms with van der Waals surface area (Å²) >= 11 is 0. The topological polar surface area (TPSA) is 50.4 Å². The molecule has 0 aromatic rings. The lowest BCUT2D eigenvalue weighted by Crippen LogP contribution is -2.47. The second kappa shape index (κ2) is 8.76. The maximum absolute atomic E-state index is 12.0. The Balaban J connectivity index is 2.42. The third-order valence-corrected chi connectivity index (χ3v) is 4.40. The molecule has 1 aliphatic rings. The number of alkyl carbamates (subject to hydrolysis) is 1. The van der Waals surface area contributed by atoms with Crippen molar-refractivity contribution in [2.24, 2.45) is 11.8 Å². The van der Waals surface area contributed by atoms with E-state index in [1.807, 2.05) is 20.8 Å². The van der Waals surface area contributed by atoms with Gasteiger partial charge in [-0.2, -0.15) is 0 Å². The van der Waals surface area contributed by atoms with E-state index in [0.717, 1.165) is 18.9 Å². The quantitative estimate of drug-likeness (QED) is 0.674. The molecule has 22 heavy (non-hydrogen) atoms. The van der Waals surface area contributed by atoms with Crippen molar-refractivity contribution in [3.63, 3.8) is 0 Å². The van der Waals surface area contributed by atoms with E-state index in [1.165, 1.54) is 25.7 Å². The van der Waals surface area contributed by atoms with Crippen LogP contribution in [0, 0.1) is 11.8 Å². The summed E-state index contributed by atoms with van der Waals surface area (Å²) in [4.78, 5) is 12.0. The zero-order valence-corrected chi connectivity index (χ0v) is 15.4. The molecule has 1 amide bonds. The molecule has 0 aromatic carbocycles. The van der Waals surface area contributed by atoms with Crippen molar-refractivity contribution in [2.45, 2.75) is 91.3 Å². The first kappa shape index (κ1) is 19.3. The molecule has 4 nitrogen and oxygen atoms in total. The van der Waals surface area contributed by atoms with Crippen molar-refractivity contribution in [2.75, 3.05) is 6.54 Å². The lowest BCUT2D eigenvalue weighted by molar-refractivity contribution is 0.0496. The van der Waals surface area contributed by atoms with E-state index in [1.54, 1.807) is 0 Å². The molecule has 3 atom stereocenters. The molecule has 0 saturated heterocycles. The van der Waals surface area contributed by atoms with E-state index in [4.69, 9.17) is 4.74 Å². The summed E-state index contributed by atoms with van der Waals surface area (Å²) in [5.41, 5.74) is -0.436. The van der Waals surface area contributed by atoms with Gasteiger partial charge in [0.1, 0.15) is 5.60 Å². The molecule has 1 fully saturated rings. The largest absolute Gasteiger partial charge is 0.444 e. The third-order valence-electron chi connectivity index (χ3n) is 4.40. The Bertz CT molecular complexity index is 334. The molecule has 0 aromatic heterocycles. The van der Waals surface area contributed by atoms with Crippen LogP contribution >= 0.6 is 0 Å². The van der Waals surface area contributed by atoms with Gasteiger partial charge < -0.3 is 15.4 Å². The third kappa shape index (κ3) is 8.02. The Labute approximate surface area is 136 Å². The van der Waals surface area contributed by atoms with Crippen LogP contribution in [0.1, 0.15) is 73.6 Å². The number of carbonyl (C=O) groups is 1. The van der Waals surface area contributed by atoms with Gasteiger partial charge in [-0.25, -0.2) is 4.79 Å². The molecule has 0 radical (unpaired) electrons. The fourth-order valence-electron chi connectivity index (χ4n) is 2.63. The number of ether oxygens (including phenoxy) is 1. The molecular formula is C18H36N2O2. The van der Waals surface area contributed by atoms with Crippen LogP contribution in [0.4, 0.5) is 4.79 Å². The molecular weight excluding hydrogens is 276 g/mol. The van der Waals surface area contributed by atoms with Gasteiger partial charge in [0.2, 0.25) is 0 Å². The average Bonchev–Trinajstić information content (AvgIpc) is 3.23. The Hall–Kier alpha value is -0.770. The number of rotatable bonds is 9. The van der Waals surface area contributed by atoms with E-state index in [0.29, 0.717) is 12.0 Å². The van der Waals surface area contributed by atoms with Gasteiger partial charge in [0.05, 0.1) is 0 Å². The summed E-state index contributed by atoms with van der Waals surface area (Å²) in [6.45, 7) is 13.3. The molecule has 0 heterocycles. The summed E-state index contributed by atoms with van der Waals surface area (Å²) in [7, 11) is 0. The van der Waals surface area contributed by atoms with Crippen molar-refractivity contribution >= 4 is 6.09 Å². The van der Waals surface area contributed by atoms with Crippen molar-refractivity contribution in [1.82, 2.24) is 10.6 Å². The van der Waals surface area contributed by atoms with Crippen LogP contribution in [0.15, 0.2) is 0 Å². The van der Waals surface area contributed by atoms with Crippen LogP contribution < -0.4 is 10.6 Å². The predicted octanol–water partition coefficient (Wildman–Crippen LogP) is 4.09. The SMILES string of the molecule is CCC(C)CC(CC)NCC(NC(=O)OC(C)(C)C)C1CC1. The Morgan fingerprint density at radius 1 is 1.23 bits per heavy atom. The molecule has 4 heteroatoms. The Morgan fingerprint density at radius 3 is 2.32 bits per heavy atom. The van der Waals surface area contributed by atoms with Gasteiger partial charge >= 0.3 is 6.09 Å². The fraction of sp³-hybridized carbons (Fsp3) is 0.944. The van der Waals surface area contributed by atoms with Crippen LogP contribution in [0.5, 0.6) is 0 Å². The molecule has 130 valence electrons. The van der Waals surface area contributed by atoms with Crippen molar-refractivity contribution < 1.29 is 9.53 Å². The molecule has 0 bridgehead atoms. The Morgan fingerprint density at radius 2 is 1.86 bits per heavy atom. The van der Waals surface area contributed by atoms with E-state index in [9.17, 15) is 4.79 Å². The van der Waals surface area contributed by atoms with Gasteiger partial charge in [-0.1, -0.05) is 27.2 Å². The summed E-state index contributed by atoms with van der Waals surface area (Å²) in [5, 5.41) is 6.71. The Kier molecular flexibility index (Phi) is 7.67. The van der Waals surface area contributed by atoms with Crippen LogP contribution in [0.25, 0.3) is 0 Å². The lowest BCUT2D eigenvalue weighted by atomic mass is 9.97. The summed E-state index contributed by atoms with van der Waals surface area (Å²) in [6.07, 6.45) is 5.70. The van der Waals surface area contributed by atoms with Gasteiger partial charge in [-0.3, -0.25) is 0 Å². The van der Waals surface area contributed by atoms with Crippen LogP contribution in [0.3, 0.4) is 0 Å². The van der Waals surface area contributed by atoms with Crippen molar-refractivity contribution in [3.05, 3.63) is 0 Å². The monoisotopic (exact) mass is 312 g/mol. The van der Waals surface area contributed by atoms with Crippen LogP contribution in [-0.2, 0) is 4.74 Å². The molecule has 3 unspecified atom stereocenters. The first-order valence-corrected chi connectivity index (χ1v) is 8.98. The van der Waals surface area contributed by atoms with E-state index >= 15 is 0 Å². The van der Waals surface area contributed by atoms with Crippen molar-refractivity contribution in [3.8, 4) is 0 Å². The fourth-order valence-corrected chi connectivity index (χ4v) is 2.63. The minimum Gasteiger partial charge on any atom is -0.444 e. The summed E-state index contributed by atoms with van der Waals surface area (Å²) in [6, 6.07) is 0.734. The van der Waals surface area contributed by atoms with Gasteiger partial charge in [-0.15, -0.1) is 0 Å². The summed E-state index contributed by atoms with van der Waals surface area (Å²) in [5.74, 6) is 1.36. The highest BCUT2D eigenvalue weighted by atomic mass is 16.6. The molecule has 1 saturated carbocycles. The highest BCUT2D eigenvalue weighted by Crippen LogP contribution is 2.32. The zero-order valence-electron chi connectivity index (χ0n) is 15.4. The zero-order chi connectivity index (χ0) is 16.8. The van der Waals surface area contributed by atoms with E-state index in [2.05, 4.69) is 31.4 Å². The molecule has 1 rings (SSSR count). The standard InChI is InChI=1S/C18H36N2O2/c1-7-13(3)11-15(8-2)19-12-16(14-9-10-14)20-17(21)22-18(4,5)6/h13-16,19H,7-12H2,1-6H3,(H,20,21). The van der Waals surface area contributed by atoms with Crippen molar-refractivity contribution in [1.29, 1.82) is 0 Å². The molecule has 0 aliphatic heterocycles. The normalized spacial score (nSPS) is 19.4. The number of amides is 1. The van der Waals surface area contributed by atoms with Gasteiger partial charge in [0, 0.05) is 18.6 Å². The molecule has 0 spiro atoms. The second-order valence-corrected chi connectivity index (χ2v) is 7.85. The lowest BCUT2D eigenvalue weighted by Gasteiger charge is -2.26. The highest BCUT2D eigenvalue weighted by molar-refractivity contribution is 5.68. The number of hydrogen-bond acceptors (Lipinski definition) is 3. The van der Waals surface area contributed by atoms with Crippen LogP contribution in [-0.4, -0.2) is 30.3 Å². The van der Waals surface area contributed by atoms with Gasteiger partial charge in [0.15, 0.2) is 0 Å². The minimum atomic E-state index is -0.436. The smallest absolute Gasteiger partial charge is 0.407 e. The van der Waals surface area contributed by atoms with E-state index < -0.39 is 5.60 Å². The van der Waals surface area contributed by atoms with Gasteiger partial charge in [-0.05, 0) is 58.3 Å². The minimum absolute atomic E-state index is 0.195. The van der Waals surface area contributed by atoms with E-state index in [-0.39, 0.29) is 12.1 Å². The first-order chi connectivity index (χ1) is 10.2. The molecule has 2 N–H and O–H groups in total. The first-order valence-electron chi connectivity index (χ1n) is 8.98. The predicted molar refractivity (Wildman–Crippen MR) is 92.0 cm³/mol. The number of nitrogens with one attached hydrogen (secondary N) is 2. The second-order valence-electron chi connectivity index (χ2n) is 7.85. The molecule has 1 aliphatic carbocycles. The average molecular weight is 312 g/mol. The number of hydrogen-bond donors (Lipinski definition) is 2.